The van der Waals surface area contributed by atoms with Gasteiger partial charge in [0.05, 0.1) is 37.7 Å². The molecule has 1 saturated carbocycles. The molecule has 4 aliphatic rings. The molecule has 7 nitrogen and oxygen atoms in total. The number of carbonyl (C=O) groups is 1. The van der Waals surface area contributed by atoms with E-state index in [9.17, 15) is 15.2 Å². The van der Waals surface area contributed by atoms with Crippen LogP contribution < -0.4 is 9.47 Å². The fourth-order valence-corrected chi connectivity index (χ4v) is 7.37. The smallest absolute Gasteiger partial charge is 0.311 e. The van der Waals surface area contributed by atoms with Gasteiger partial charge in [0.2, 0.25) is 0 Å². The third kappa shape index (κ3) is 4.32. The summed E-state index contributed by atoms with van der Waals surface area (Å²) in [7, 11) is 0. The highest BCUT2D eigenvalue weighted by Gasteiger charge is 2.60. The van der Waals surface area contributed by atoms with Crippen LogP contribution in [-0.2, 0) is 16.0 Å². The minimum absolute atomic E-state index is 0.157. The first-order valence-corrected chi connectivity index (χ1v) is 13.9. The molecule has 2 fully saturated rings. The molecule has 7 atom stereocenters. The van der Waals surface area contributed by atoms with Crippen LogP contribution in [-0.4, -0.2) is 54.5 Å². The topological polar surface area (TPSA) is 92.0 Å². The number of aliphatic hydroxyl groups is 1. The van der Waals surface area contributed by atoms with Gasteiger partial charge in [-0.05, 0) is 62.3 Å². The fourth-order valence-electron chi connectivity index (χ4n) is 7.37. The first-order valence-electron chi connectivity index (χ1n) is 13.9. The summed E-state index contributed by atoms with van der Waals surface area (Å²) in [6, 6.07) is 6.28. The molecule has 5 rings (SSSR count). The van der Waals surface area contributed by atoms with Crippen molar-refractivity contribution in [1.29, 1.82) is 5.26 Å². The number of carbonyl (C=O) groups excluding carboxylic acids is 1. The summed E-state index contributed by atoms with van der Waals surface area (Å²) in [6.07, 6.45) is 5.25. The van der Waals surface area contributed by atoms with Gasteiger partial charge in [-0.2, -0.15) is 5.26 Å². The number of aliphatic hydroxyl groups excluding tert-OH is 1. The Morgan fingerprint density at radius 2 is 1.97 bits per heavy atom. The van der Waals surface area contributed by atoms with Crippen molar-refractivity contribution in [2.24, 2.45) is 23.2 Å². The fraction of sp³-hybridized carbons (Fsp3) is 0.667. The van der Waals surface area contributed by atoms with Crippen LogP contribution in [0.25, 0.3) is 0 Å². The van der Waals surface area contributed by atoms with E-state index in [4.69, 9.17) is 14.2 Å². The van der Waals surface area contributed by atoms with Crippen molar-refractivity contribution in [3.8, 4) is 17.6 Å². The van der Waals surface area contributed by atoms with Gasteiger partial charge >= 0.3 is 5.97 Å². The van der Waals surface area contributed by atoms with E-state index >= 15 is 0 Å². The summed E-state index contributed by atoms with van der Waals surface area (Å²) in [5.74, 6) is 0.910. The molecule has 0 radical (unpaired) electrons. The number of benzene rings is 1. The Hall–Kier alpha value is -2.56. The summed E-state index contributed by atoms with van der Waals surface area (Å²) >= 11 is 0. The molecule has 7 unspecified atom stereocenters. The third-order valence-electron chi connectivity index (χ3n) is 9.56. The maximum Gasteiger partial charge on any atom is 0.311 e. The number of fused-ring (bicyclic) bond motifs is 3. The van der Waals surface area contributed by atoms with Crippen LogP contribution in [0, 0.1) is 34.5 Å². The minimum atomic E-state index is -0.631. The van der Waals surface area contributed by atoms with Crippen LogP contribution in [0.4, 0.5) is 0 Å². The van der Waals surface area contributed by atoms with Gasteiger partial charge in [0.25, 0.3) is 0 Å². The molecular formula is C30H40N2O5. The number of esters is 1. The summed E-state index contributed by atoms with van der Waals surface area (Å²) in [5.41, 5.74) is 3.14. The first kappa shape index (κ1) is 26.1. The average Bonchev–Trinajstić information content (AvgIpc) is 3.18. The molecule has 2 heterocycles. The standard InChI is InChI=1S/C30H40N2O5/c1-5-35-24-14-19-11-13-32(23(10-12-31)21(19)16-25(24)36-6-2)17-22-27-26(37-29(22)34)15-20-9-7-8-18(3)30(20,4)28(27)33/h9,14,16,18,22-23,26-28,33H,5-8,10-11,13,15,17H2,1-4H3. The number of allylic oxidation sites excluding steroid dienone is 1. The molecule has 0 aromatic heterocycles. The number of hydrogen-bond donors (Lipinski definition) is 1. The van der Waals surface area contributed by atoms with Gasteiger partial charge in [0, 0.05) is 36.9 Å². The highest BCUT2D eigenvalue weighted by molar-refractivity contribution is 5.76. The molecule has 1 aromatic carbocycles. The molecule has 0 spiro atoms. The quantitative estimate of drug-likeness (QED) is 0.426. The molecular weight excluding hydrogens is 468 g/mol. The molecule has 2 aliphatic heterocycles. The maximum atomic E-state index is 13.2. The van der Waals surface area contributed by atoms with Gasteiger partial charge in [-0.15, -0.1) is 0 Å². The Balaban J connectivity index is 1.44. The molecule has 0 amide bonds. The van der Waals surface area contributed by atoms with Crippen LogP contribution in [0.2, 0.25) is 0 Å². The van der Waals surface area contributed by atoms with E-state index in [1.807, 2.05) is 19.9 Å². The molecule has 0 bridgehead atoms. The lowest BCUT2D eigenvalue weighted by molar-refractivity contribution is -0.145. The van der Waals surface area contributed by atoms with E-state index in [0.29, 0.717) is 44.3 Å². The van der Waals surface area contributed by atoms with Crippen molar-refractivity contribution in [1.82, 2.24) is 4.90 Å². The molecule has 2 aliphatic carbocycles. The monoisotopic (exact) mass is 508 g/mol. The largest absolute Gasteiger partial charge is 0.490 e. The van der Waals surface area contributed by atoms with Gasteiger partial charge in [-0.25, -0.2) is 0 Å². The summed E-state index contributed by atoms with van der Waals surface area (Å²) in [4.78, 5) is 15.5. The summed E-state index contributed by atoms with van der Waals surface area (Å²) < 4.78 is 17.6. The maximum absolute atomic E-state index is 13.2. The zero-order valence-electron chi connectivity index (χ0n) is 22.5. The van der Waals surface area contributed by atoms with Gasteiger partial charge in [-0.1, -0.05) is 25.5 Å². The van der Waals surface area contributed by atoms with Crippen molar-refractivity contribution in [3.63, 3.8) is 0 Å². The lowest BCUT2D eigenvalue weighted by atomic mass is 9.55. The predicted octanol–water partition coefficient (Wildman–Crippen LogP) is 4.58. The van der Waals surface area contributed by atoms with Crippen molar-refractivity contribution < 1.29 is 24.1 Å². The van der Waals surface area contributed by atoms with E-state index < -0.39 is 12.0 Å². The number of ether oxygens (including phenoxy) is 3. The molecule has 7 heteroatoms. The number of nitrogens with zero attached hydrogens (tertiary/aromatic N) is 2. The second-order valence-electron chi connectivity index (χ2n) is 11.3. The Morgan fingerprint density at radius 3 is 2.68 bits per heavy atom. The van der Waals surface area contributed by atoms with Crippen LogP contribution in [0.15, 0.2) is 23.8 Å². The van der Waals surface area contributed by atoms with E-state index in [-0.39, 0.29) is 29.4 Å². The Bertz CT molecular complexity index is 1110. The zero-order valence-corrected chi connectivity index (χ0v) is 22.5. The van der Waals surface area contributed by atoms with Gasteiger partial charge < -0.3 is 19.3 Å². The lowest BCUT2D eigenvalue weighted by Gasteiger charge is -2.52. The van der Waals surface area contributed by atoms with Gasteiger partial charge in [-0.3, -0.25) is 9.69 Å². The predicted molar refractivity (Wildman–Crippen MR) is 139 cm³/mol. The SMILES string of the molecule is CCOc1cc2c(cc1OCC)C(CC#N)N(CC1C(=O)OC3CC4=CCCC(C)C4(C)C(O)C31)CC2. The van der Waals surface area contributed by atoms with Crippen LogP contribution in [0.3, 0.4) is 0 Å². The van der Waals surface area contributed by atoms with Crippen LogP contribution in [0.5, 0.6) is 11.5 Å². The number of nitriles is 1. The summed E-state index contributed by atoms with van der Waals surface area (Å²) in [6.45, 7) is 10.6. The van der Waals surface area contributed by atoms with Crippen molar-refractivity contribution >= 4 is 5.97 Å². The van der Waals surface area contributed by atoms with Gasteiger partial charge in [0.1, 0.15) is 6.10 Å². The average molecular weight is 509 g/mol. The second kappa shape index (κ2) is 10.3. The third-order valence-corrected chi connectivity index (χ3v) is 9.56. The molecule has 1 saturated heterocycles. The summed E-state index contributed by atoms with van der Waals surface area (Å²) in [5, 5.41) is 21.5. The van der Waals surface area contributed by atoms with Crippen LogP contribution >= 0.6 is 0 Å². The highest BCUT2D eigenvalue weighted by Crippen LogP contribution is 2.56. The van der Waals surface area contributed by atoms with Crippen LogP contribution in [0.1, 0.15) is 70.5 Å². The Morgan fingerprint density at radius 1 is 1.24 bits per heavy atom. The molecule has 200 valence electrons. The van der Waals surface area contributed by atoms with E-state index in [1.165, 1.54) is 5.57 Å². The van der Waals surface area contributed by atoms with Crippen molar-refractivity contribution in [2.45, 2.75) is 78.0 Å². The second-order valence-corrected chi connectivity index (χ2v) is 11.3. The molecule has 37 heavy (non-hydrogen) atoms. The number of hydrogen-bond acceptors (Lipinski definition) is 7. The Kier molecular flexibility index (Phi) is 7.26. The zero-order chi connectivity index (χ0) is 26.3. The van der Waals surface area contributed by atoms with E-state index in [2.05, 4.69) is 37.0 Å². The normalized spacial score (nSPS) is 34.9. The minimum Gasteiger partial charge on any atom is -0.490 e. The lowest BCUT2D eigenvalue weighted by Crippen LogP contribution is -2.55. The first-order chi connectivity index (χ1) is 17.8. The molecule has 1 N–H and O–H groups in total. The number of rotatable bonds is 7. The van der Waals surface area contributed by atoms with Gasteiger partial charge in [0.15, 0.2) is 11.5 Å². The Labute approximate surface area is 220 Å². The van der Waals surface area contributed by atoms with E-state index in [0.717, 1.165) is 42.7 Å². The highest BCUT2D eigenvalue weighted by atomic mass is 16.6. The molecule has 1 aromatic rings. The van der Waals surface area contributed by atoms with Crippen molar-refractivity contribution in [3.05, 3.63) is 34.9 Å². The van der Waals surface area contributed by atoms with Crippen molar-refractivity contribution in [2.75, 3.05) is 26.3 Å². The van der Waals surface area contributed by atoms with E-state index in [1.54, 1.807) is 0 Å².